The summed E-state index contributed by atoms with van der Waals surface area (Å²) in [5.41, 5.74) is 2.79. The highest BCUT2D eigenvalue weighted by Gasteiger charge is 2.29. The lowest BCUT2D eigenvalue weighted by Gasteiger charge is -2.35. The Bertz CT molecular complexity index is 971. The van der Waals surface area contributed by atoms with E-state index < -0.39 is 0 Å². The summed E-state index contributed by atoms with van der Waals surface area (Å²) in [5, 5.41) is 3.11. The van der Waals surface area contributed by atoms with E-state index in [2.05, 4.69) is 39.2 Å². The Morgan fingerprint density at radius 2 is 1.90 bits per heavy atom. The molecule has 0 amide bonds. The molecule has 1 aromatic heterocycles. The van der Waals surface area contributed by atoms with Crippen molar-refractivity contribution in [2.45, 2.75) is 26.3 Å². The van der Waals surface area contributed by atoms with Gasteiger partial charge in [0.2, 0.25) is 12.7 Å². The number of aromatic nitrogens is 2. The quantitative estimate of drug-likeness (QED) is 0.824. The number of ether oxygens (including phenoxy) is 2. The van der Waals surface area contributed by atoms with Gasteiger partial charge < -0.3 is 19.7 Å². The first-order valence-electron chi connectivity index (χ1n) is 10.6. The van der Waals surface area contributed by atoms with Crippen molar-refractivity contribution in [3.63, 3.8) is 0 Å². The molecule has 3 heterocycles. The molecule has 30 heavy (non-hydrogen) atoms. The summed E-state index contributed by atoms with van der Waals surface area (Å²) >= 11 is 0. The smallest absolute Gasteiger partial charge is 0.231 e. The van der Waals surface area contributed by atoms with Crippen LogP contribution in [0.4, 0.5) is 11.8 Å². The lowest BCUT2D eigenvalue weighted by Crippen LogP contribution is -2.46. The number of benzene rings is 1. The van der Waals surface area contributed by atoms with Crippen molar-refractivity contribution in [1.29, 1.82) is 0 Å². The fourth-order valence-electron chi connectivity index (χ4n) is 4.48. The maximum Gasteiger partial charge on any atom is 0.231 e. The molecule has 1 aromatic carbocycles. The normalized spacial score (nSPS) is 20.9. The fraction of sp³-hybridized carbons (Fsp3) is 0.500. The molecule has 0 saturated carbocycles. The van der Waals surface area contributed by atoms with Crippen LogP contribution in [0.1, 0.15) is 35.0 Å². The second-order valence-corrected chi connectivity index (χ2v) is 8.33. The van der Waals surface area contributed by atoms with Gasteiger partial charge >= 0.3 is 0 Å². The minimum atomic E-state index is 0.146. The molecule has 0 radical (unpaired) electrons. The van der Waals surface area contributed by atoms with Crippen molar-refractivity contribution < 1.29 is 14.3 Å². The number of fused-ring (bicyclic) bond motifs is 2. The molecule has 3 aliphatic rings. The number of carbonyl (C=O) groups is 1. The van der Waals surface area contributed by atoms with Crippen LogP contribution in [0.5, 0.6) is 11.5 Å². The lowest BCUT2D eigenvalue weighted by molar-refractivity contribution is 0.0952. The monoisotopic (exact) mass is 409 g/mol. The first-order valence-corrected chi connectivity index (χ1v) is 10.6. The van der Waals surface area contributed by atoms with Gasteiger partial charge in [0.05, 0.1) is 11.3 Å². The Hall–Kier alpha value is -2.87. The van der Waals surface area contributed by atoms with Gasteiger partial charge in [0, 0.05) is 46.2 Å². The Balaban J connectivity index is 1.27. The number of hydrogen-bond donors (Lipinski definition) is 1. The minimum absolute atomic E-state index is 0.146. The number of nitrogens with one attached hydrogen (secondary N) is 1. The largest absolute Gasteiger partial charge is 0.454 e. The van der Waals surface area contributed by atoms with E-state index in [-0.39, 0.29) is 5.78 Å². The Labute approximate surface area is 176 Å². The van der Waals surface area contributed by atoms with E-state index in [1.807, 2.05) is 13.1 Å². The van der Waals surface area contributed by atoms with Crippen LogP contribution in [0.15, 0.2) is 18.2 Å². The Morgan fingerprint density at radius 1 is 1.10 bits per heavy atom. The van der Waals surface area contributed by atoms with Crippen molar-refractivity contribution in [1.82, 2.24) is 14.9 Å². The number of piperazine rings is 1. The summed E-state index contributed by atoms with van der Waals surface area (Å²) < 4.78 is 10.9. The van der Waals surface area contributed by atoms with E-state index in [0.717, 1.165) is 62.3 Å². The van der Waals surface area contributed by atoms with E-state index in [4.69, 9.17) is 14.5 Å². The average Bonchev–Trinajstić information content (AvgIpc) is 3.21. The number of carbonyl (C=O) groups excluding carboxylic acids is 1. The van der Waals surface area contributed by atoms with Crippen LogP contribution in [-0.2, 0) is 13.0 Å². The molecule has 1 unspecified atom stereocenters. The van der Waals surface area contributed by atoms with E-state index in [1.54, 1.807) is 0 Å². The molecule has 0 bridgehead atoms. The molecule has 2 aliphatic heterocycles. The molecule has 1 atom stereocenters. The molecule has 2 aromatic rings. The van der Waals surface area contributed by atoms with Crippen LogP contribution < -0.4 is 19.7 Å². The van der Waals surface area contributed by atoms with Crippen LogP contribution >= 0.6 is 0 Å². The van der Waals surface area contributed by atoms with Crippen LogP contribution in [0.25, 0.3) is 0 Å². The molecule has 158 valence electrons. The first-order chi connectivity index (χ1) is 14.6. The summed E-state index contributed by atoms with van der Waals surface area (Å²) in [6.45, 7) is 6.86. The molecular weight excluding hydrogens is 382 g/mol. The zero-order valence-electron chi connectivity index (χ0n) is 17.5. The molecule has 1 aliphatic carbocycles. The maximum atomic E-state index is 12.5. The molecule has 8 heteroatoms. The highest BCUT2D eigenvalue weighted by molar-refractivity contribution is 6.02. The van der Waals surface area contributed by atoms with Gasteiger partial charge in [-0.05, 0) is 30.0 Å². The average molecular weight is 409 g/mol. The second-order valence-electron chi connectivity index (χ2n) is 8.33. The topological polar surface area (TPSA) is 79.8 Å². The van der Waals surface area contributed by atoms with Crippen molar-refractivity contribution in [2.75, 3.05) is 50.2 Å². The van der Waals surface area contributed by atoms with Gasteiger partial charge in [0.25, 0.3) is 0 Å². The molecule has 5 rings (SSSR count). The van der Waals surface area contributed by atoms with Gasteiger partial charge in [-0.3, -0.25) is 9.69 Å². The third-order valence-corrected chi connectivity index (χ3v) is 6.06. The molecular formula is C22H27N5O3. The van der Waals surface area contributed by atoms with E-state index in [0.29, 0.717) is 30.5 Å². The van der Waals surface area contributed by atoms with Gasteiger partial charge in [-0.2, -0.15) is 4.98 Å². The van der Waals surface area contributed by atoms with Crippen LogP contribution in [-0.4, -0.2) is 60.7 Å². The number of hydrogen-bond acceptors (Lipinski definition) is 8. The molecule has 1 saturated heterocycles. The van der Waals surface area contributed by atoms with Crippen molar-refractivity contribution in [2.24, 2.45) is 5.92 Å². The zero-order chi connectivity index (χ0) is 20.7. The number of rotatable bonds is 4. The van der Waals surface area contributed by atoms with Gasteiger partial charge in [-0.1, -0.05) is 13.0 Å². The summed E-state index contributed by atoms with van der Waals surface area (Å²) in [6.07, 6.45) is 1.40. The van der Waals surface area contributed by atoms with E-state index in [9.17, 15) is 4.79 Å². The first kappa shape index (κ1) is 19.1. The van der Waals surface area contributed by atoms with Crippen LogP contribution in [0, 0.1) is 5.92 Å². The summed E-state index contributed by atoms with van der Waals surface area (Å²) in [4.78, 5) is 26.6. The summed E-state index contributed by atoms with van der Waals surface area (Å²) in [7, 11) is 1.82. The van der Waals surface area contributed by atoms with Crippen molar-refractivity contribution >= 4 is 17.5 Å². The third kappa shape index (κ3) is 3.56. The van der Waals surface area contributed by atoms with E-state index >= 15 is 0 Å². The van der Waals surface area contributed by atoms with Crippen molar-refractivity contribution in [3.8, 4) is 11.5 Å². The van der Waals surface area contributed by atoms with Crippen molar-refractivity contribution in [3.05, 3.63) is 35.0 Å². The molecule has 1 fully saturated rings. The summed E-state index contributed by atoms with van der Waals surface area (Å²) in [5.74, 6) is 3.51. The van der Waals surface area contributed by atoms with Gasteiger partial charge in [0.15, 0.2) is 17.3 Å². The highest BCUT2D eigenvalue weighted by Crippen LogP contribution is 2.33. The standard InChI is InChI=1S/C22H27N5O3/c1-14-9-16-20(17(28)10-14)21(23-2)25-22(24-16)27-7-5-26(6-8-27)12-15-3-4-18-19(11-15)30-13-29-18/h3-4,11,14H,5-10,12-13H2,1-2H3,(H,23,24,25). The molecule has 1 N–H and O–H groups in total. The predicted molar refractivity (Wildman–Crippen MR) is 113 cm³/mol. The highest BCUT2D eigenvalue weighted by atomic mass is 16.7. The number of Topliss-reactive ketones (excluding diaryl/α,β-unsaturated/α-hetero) is 1. The van der Waals surface area contributed by atoms with Gasteiger partial charge in [0.1, 0.15) is 5.82 Å². The number of anilines is 2. The Morgan fingerprint density at radius 3 is 2.70 bits per heavy atom. The minimum Gasteiger partial charge on any atom is -0.454 e. The molecule has 8 nitrogen and oxygen atoms in total. The zero-order valence-corrected chi connectivity index (χ0v) is 17.5. The number of nitrogens with zero attached hydrogens (tertiary/aromatic N) is 4. The third-order valence-electron chi connectivity index (χ3n) is 6.06. The fourth-order valence-corrected chi connectivity index (χ4v) is 4.48. The second kappa shape index (κ2) is 7.75. The molecule has 0 spiro atoms. The van der Waals surface area contributed by atoms with E-state index in [1.165, 1.54) is 5.56 Å². The Kier molecular flexibility index (Phi) is 4.94. The summed E-state index contributed by atoms with van der Waals surface area (Å²) in [6, 6.07) is 6.15. The lowest BCUT2D eigenvalue weighted by atomic mass is 9.87. The number of ketones is 1. The van der Waals surface area contributed by atoms with Crippen LogP contribution in [0.2, 0.25) is 0 Å². The maximum absolute atomic E-state index is 12.5. The van der Waals surface area contributed by atoms with Gasteiger partial charge in [-0.25, -0.2) is 4.98 Å². The van der Waals surface area contributed by atoms with Crippen LogP contribution in [0.3, 0.4) is 0 Å². The predicted octanol–water partition coefficient (Wildman–Crippen LogP) is 2.33. The SMILES string of the molecule is CNc1nc(N2CCN(Cc3ccc4c(c3)OCO4)CC2)nc2c1C(=O)CC(C)C2. The van der Waals surface area contributed by atoms with Gasteiger partial charge in [-0.15, -0.1) is 0 Å².